The van der Waals surface area contributed by atoms with Crippen molar-refractivity contribution >= 4 is 23.2 Å². The van der Waals surface area contributed by atoms with Crippen molar-refractivity contribution in [1.82, 2.24) is 15.2 Å². The van der Waals surface area contributed by atoms with Crippen molar-refractivity contribution in [2.24, 2.45) is 0 Å². The van der Waals surface area contributed by atoms with Crippen LogP contribution in [0.3, 0.4) is 0 Å². The van der Waals surface area contributed by atoms with Crippen LogP contribution >= 0.6 is 0 Å². The number of oxazole rings is 1. The summed E-state index contributed by atoms with van der Waals surface area (Å²) in [5.41, 5.74) is -1.39. The van der Waals surface area contributed by atoms with Crippen molar-refractivity contribution in [2.75, 3.05) is 40.5 Å². The van der Waals surface area contributed by atoms with Crippen LogP contribution in [0.2, 0.25) is 0 Å². The lowest BCUT2D eigenvalue weighted by Crippen LogP contribution is -2.32. The lowest BCUT2D eigenvalue weighted by molar-refractivity contribution is -0.394. The molecule has 14 nitrogen and oxygen atoms in total. The molecule has 2 rings (SSSR count). The predicted molar refractivity (Wildman–Crippen MR) is 116 cm³/mol. The minimum absolute atomic E-state index is 0.0164. The number of nitro benzene ring substituents is 2. The van der Waals surface area contributed by atoms with Crippen molar-refractivity contribution < 1.29 is 33.3 Å². The third-order valence-corrected chi connectivity index (χ3v) is 4.56. The van der Waals surface area contributed by atoms with E-state index in [2.05, 4.69) is 10.3 Å². The molecule has 0 bridgehead atoms. The number of hydrogen-bond acceptors (Lipinski definition) is 10. The molecule has 1 aromatic heterocycles. The Morgan fingerprint density at radius 1 is 1.06 bits per heavy atom. The Labute approximate surface area is 194 Å². The molecule has 0 saturated heterocycles. The number of nitrogens with zero attached hydrogens (tertiary/aromatic N) is 4. The van der Waals surface area contributed by atoms with E-state index in [1.807, 2.05) is 0 Å². The summed E-state index contributed by atoms with van der Waals surface area (Å²) in [6.07, 6.45) is 2.17. The van der Waals surface area contributed by atoms with Crippen molar-refractivity contribution in [2.45, 2.75) is 19.4 Å². The number of methoxy groups -OCH3 is 2. The van der Waals surface area contributed by atoms with Gasteiger partial charge in [0.25, 0.3) is 23.2 Å². The van der Waals surface area contributed by atoms with E-state index >= 15 is 0 Å². The fourth-order valence-electron chi connectivity index (χ4n) is 2.92. The maximum Gasteiger partial charge on any atom is 0.277 e. The molecule has 0 aliphatic carbocycles. The van der Waals surface area contributed by atoms with Crippen LogP contribution < -0.4 is 5.32 Å². The monoisotopic (exact) mass is 479 g/mol. The number of rotatable bonds is 14. The maximum absolute atomic E-state index is 13.1. The molecule has 0 unspecified atom stereocenters. The SMILES string of the molecule is COCCCNC(=O)c1coc(CN(CCCOC)C(=O)c2cc([N+](=O)[O-])cc([N+](=O)[O-])c2)n1. The molecular formula is C20H25N5O9. The number of ether oxygens (including phenoxy) is 2. The van der Waals surface area contributed by atoms with Crippen LogP contribution in [-0.4, -0.2) is 72.1 Å². The molecule has 1 aromatic carbocycles. The number of carbonyl (C=O) groups excluding carboxylic acids is 2. The van der Waals surface area contributed by atoms with Gasteiger partial charge in [-0.1, -0.05) is 0 Å². The van der Waals surface area contributed by atoms with Crippen LogP contribution in [0.5, 0.6) is 0 Å². The van der Waals surface area contributed by atoms with Crippen LogP contribution in [0.15, 0.2) is 28.9 Å². The third-order valence-electron chi connectivity index (χ3n) is 4.56. The number of benzene rings is 1. The summed E-state index contributed by atoms with van der Waals surface area (Å²) in [7, 11) is 3.04. The van der Waals surface area contributed by atoms with Gasteiger partial charge in [-0.25, -0.2) is 4.98 Å². The third kappa shape index (κ3) is 7.60. The van der Waals surface area contributed by atoms with Crippen LogP contribution in [0.4, 0.5) is 11.4 Å². The van der Waals surface area contributed by atoms with Gasteiger partial charge >= 0.3 is 0 Å². The minimum atomic E-state index is -0.815. The summed E-state index contributed by atoms with van der Waals surface area (Å²) in [6, 6.07) is 2.71. The first-order valence-corrected chi connectivity index (χ1v) is 10.2. The summed E-state index contributed by atoms with van der Waals surface area (Å²) in [4.78, 5) is 51.4. The fraction of sp³-hybridized carbons (Fsp3) is 0.450. The van der Waals surface area contributed by atoms with Gasteiger partial charge in [-0.05, 0) is 12.8 Å². The van der Waals surface area contributed by atoms with Crippen molar-refractivity contribution in [3.05, 3.63) is 61.8 Å². The normalized spacial score (nSPS) is 10.6. The Hall–Kier alpha value is -3.91. The number of amides is 2. The number of carbonyl (C=O) groups is 2. The lowest BCUT2D eigenvalue weighted by Gasteiger charge is -2.21. The van der Waals surface area contributed by atoms with Gasteiger partial charge in [0.1, 0.15) is 6.26 Å². The Morgan fingerprint density at radius 3 is 2.26 bits per heavy atom. The second kappa shape index (κ2) is 13.0. The van der Waals surface area contributed by atoms with Crippen LogP contribution in [0.25, 0.3) is 0 Å². The molecule has 0 saturated carbocycles. The Kier molecular flexibility index (Phi) is 10.0. The van der Waals surface area contributed by atoms with Gasteiger partial charge in [-0.15, -0.1) is 0 Å². The molecule has 0 atom stereocenters. The van der Waals surface area contributed by atoms with E-state index in [9.17, 15) is 29.8 Å². The molecule has 0 aliphatic rings. The topological polar surface area (TPSA) is 180 Å². The van der Waals surface area contributed by atoms with Gasteiger partial charge < -0.3 is 24.1 Å². The molecule has 0 aliphatic heterocycles. The maximum atomic E-state index is 13.1. The first kappa shape index (κ1) is 26.3. The highest BCUT2D eigenvalue weighted by atomic mass is 16.6. The Morgan fingerprint density at radius 2 is 1.68 bits per heavy atom. The van der Waals surface area contributed by atoms with E-state index in [4.69, 9.17) is 13.9 Å². The standard InChI is InChI=1S/C20H25N5O9/c1-32-7-3-5-21-19(26)17-13-34-18(22-17)12-23(6-4-8-33-2)20(27)14-9-15(24(28)29)11-16(10-14)25(30)31/h9-11,13H,3-8,12H2,1-2H3,(H,21,26). The molecule has 184 valence electrons. The van der Waals surface area contributed by atoms with Gasteiger partial charge in [0.2, 0.25) is 5.89 Å². The molecule has 2 amide bonds. The molecule has 1 N–H and O–H groups in total. The van der Waals surface area contributed by atoms with Gasteiger partial charge in [0.05, 0.1) is 28.0 Å². The highest BCUT2D eigenvalue weighted by Gasteiger charge is 2.25. The second-order valence-corrected chi connectivity index (χ2v) is 7.05. The van der Waals surface area contributed by atoms with E-state index in [0.29, 0.717) is 32.6 Å². The first-order chi connectivity index (χ1) is 16.3. The number of non-ortho nitro benzene ring substituents is 2. The van der Waals surface area contributed by atoms with E-state index in [-0.39, 0.29) is 30.2 Å². The molecule has 34 heavy (non-hydrogen) atoms. The van der Waals surface area contributed by atoms with Gasteiger partial charge in [-0.3, -0.25) is 29.8 Å². The van der Waals surface area contributed by atoms with Gasteiger partial charge in [0, 0.05) is 52.7 Å². The highest BCUT2D eigenvalue weighted by Crippen LogP contribution is 2.24. The van der Waals surface area contributed by atoms with E-state index in [1.165, 1.54) is 12.0 Å². The average molecular weight is 479 g/mol. The summed E-state index contributed by atoms with van der Waals surface area (Å²) in [6.45, 7) is 1.15. The summed E-state index contributed by atoms with van der Waals surface area (Å²) in [5.74, 6) is -1.11. The zero-order valence-electron chi connectivity index (χ0n) is 18.7. The fourth-order valence-corrected chi connectivity index (χ4v) is 2.92. The summed E-state index contributed by atoms with van der Waals surface area (Å²) < 4.78 is 15.2. The predicted octanol–water partition coefficient (Wildman–Crippen LogP) is 1.94. The number of nitrogens with one attached hydrogen (secondary N) is 1. The summed E-state index contributed by atoms with van der Waals surface area (Å²) in [5, 5.41) is 25.0. The van der Waals surface area contributed by atoms with Crippen LogP contribution in [-0.2, 0) is 16.0 Å². The Balaban J connectivity index is 2.22. The quantitative estimate of drug-likeness (QED) is 0.239. The summed E-state index contributed by atoms with van der Waals surface area (Å²) >= 11 is 0. The number of hydrogen-bond donors (Lipinski definition) is 1. The molecule has 14 heteroatoms. The second-order valence-electron chi connectivity index (χ2n) is 7.05. The average Bonchev–Trinajstić information content (AvgIpc) is 3.29. The lowest BCUT2D eigenvalue weighted by atomic mass is 10.1. The molecule has 0 radical (unpaired) electrons. The number of nitro groups is 2. The van der Waals surface area contributed by atoms with E-state index in [0.717, 1.165) is 24.5 Å². The number of aromatic nitrogens is 1. The smallest absolute Gasteiger partial charge is 0.277 e. The molecule has 2 aromatic rings. The Bertz CT molecular complexity index is 991. The first-order valence-electron chi connectivity index (χ1n) is 10.2. The van der Waals surface area contributed by atoms with Crippen molar-refractivity contribution in [3.63, 3.8) is 0 Å². The zero-order chi connectivity index (χ0) is 25.1. The highest BCUT2D eigenvalue weighted by molar-refractivity contribution is 5.95. The largest absolute Gasteiger partial charge is 0.446 e. The molecule has 0 spiro atoms. The molecular weight excluding hydrogens is 454 g/mol. The van der Waals surface area contributed by atoms with Gasteiger partial charge in [0.15, 0.2) is 5.69 Å². The van der Waals surface area contributed by atoms with Crippen molar-refractivity contribution in [1.29, 1.82) is 0 Å². The zero-order valence-corrected chi connectivity index (χ0v) is 18.7. The molecule has 1 heterocycles. The van der Waals surface area contributed by atoms with Crippen LogP contribution in [0.1, 0.15) is 39.6 Å². The van der Waals surface area contributed by atoms with Crippen molar-refractivity contribution in [3.8, 4) is 0 Å². The van der Waals surface area contributed by atoms with E-state index in [1.54, 1.807) is 7.11 Å². The van der Waals surface area contributed by atoms with Gasteiger partial charge in [-0.2, -0.15) is 0 Å². The molecule has 0 fully saturated rings. The minimum Gasteiger partial charge on any atom is -0.446 e. The van der Waals surface area contributed by atoms with Crippen LogP contribution in [0, 0.1) is 20.2 Å². The van der Waals surface area contributed by atoms with E-state index < -0.39 is 33.0 Å².